The van der Waals surface area contributed by atoms with Crippen LogP contribution in [0.3, 0.4) is 0 Å². The maximum absolute atomic E-state index is 9.56. The summed E-state index contributed by atoms with van der Waals surface area (Å²) in [5.41, 5.74) is 3.35. The van der Waals surface area contributed by atoms with E-state index in [-0.39, 0.29) is 12.0 Å². The molecule has 1 aliphatic rings. The highest BCUT2D eigenvalue weighted by Gasteiger charge is 2.40. The average Bonchev–Trinajstić information content (AvgIpc) is 2.79. The van der Waals surface area contributed by atoms with E-state index in [1.165, 1.54) is 17.5 Å². The second-order valence-electron chi connectivity index (χ2n) is 5.25. The molecule has 18 heavy (non-hydrogen) atoms. The molecule has 1 saturated carbocycles. The van der Waals surface area contributed by atoms with Crippen molar-refractivity contribution < 1.29 is 5.11 Å². The Balaban J connectivity index is 1.97. The van der Waals surface area contributed by atoms with Crippen LogP contribution in [0.1, 0.15) is 30.7 Å². The van der Waals surface area contributed by atoms with E-state index in [1.807, 2.05) is 18.3 Å². The Morgan fingerprint density at radius 3 is 2.72 bits per heavy atom. The summed E-state index contributed by atoms with van der Waals surface area (Å²) in [5, 5.41) is 9.56. The van der Waals surface area contributed by atoms with Gasteiger partial charge in [-0.1, -0.05) is 30.7 Å². The molecule has 2 aromatic rings. The standard InChI is InChI=1S/C15H18N2O/c1-11-5-2-3-6-12(11)13-9-16-14(17-13)15(10-18)7-4-8-15/h2-3,5-6,9,18H,4,7-8,10H2,1H3,(H,16,17). The van der Waals surface area contributed by atoms with Gasteiger partial charge in [0.05, 0.1) is 23.9 Å². The Kier molecular flexibility index (Phi) is 2.71. The molecule has 1 fully saturated rings. The predicted molar refractivity (Wildman–Crippen MR) is 71.4 cm³/mol. The van der Waals surface area contributed by atoms with Gasteiger partial charge >= 0.3 is 0 Å². The van der Waals surface area contributed by atoms with Crippen molar-refractivity contribution in [2.75, 3.05) is 6.61 Å². The van der Waals surface area contributed by atoms with Crippen molar-refractivity contribution in [3.05, 3.63) is 41.9 Å². The van der Waals surface area contributed by atoms with E-state index < -0.39 is 0 Å². The highest BCUT2D eigenvalue weighted by Crippen LogP contribution is 2.42. The molecule has 3 rings (SSSR count). The minimum atomic E-state index is -0.110. The van der Waals surface area contributed by atoms with Gasteiger partial charge in [0.15, 0.2) is 0 Å². The molecule has 0 amide bonds. The zero-order valence-electron chi connectivity index (χ0n) is 10.6. The topological polar surface area (TPSA) is 48.9 Å². The number of nitrogens with one attached hydrogen (secondary N) is 1. The van der Waals surface area contributed by atoms with Gasteiger partial charge in [0.2, 0.25) is 0 Å². The Labute approximate surface area is 107 Å². The summed E-state index contributed by atoms with van der Waals surface area (Å²) in [6.45, 7) is 2.29. The Hall–Kier alpha value is -1.61. The summed E-state index contributed by atoms with van der Waals surface area (Å²) in [5.74, 6) is 0.939. The monoisotopic (exact) mass is 242 g/mol. The molecule has 1 heterocycles. The van der Waals surface area contributed by atoms with Crippen molar-refractivity contribution in [2.45, 2.75) is 31.6 Å². The van der Waals surface area contributed by atoms with Crippen LogP contribution < -0.4 is 0 Å². The van der Waals surface area contributed by atoms with Crippen LogP contribution in [-0.2, 0) is 5.41 Å². The van der Waals surface area contributed by atoms with Gasteiger partial charge in [-0.05, 0) is 25.3 Å². The predicted octanol–water partition coefficient (Wildman–Crippen LogP) is 2.80. The summed E-state index contributed by atoms with van der Waals surface area (Å²) in [6.07, 6.45) is 5.13. The minimum absolute atomic E-state index is 0.110. The van der Waals surface area contributed by atoms with Gasteiger partial charge in [-0.25, -0.2) is 4.98 Å². The summed E-state index contributed by atoms with van der Waals surface area (Å²) in [4.78, 5) is 7.88. The number of hydrogen-bond donors (Lipinski definition) is 2. The normalized spacial score (nSPS) is 17.4. The lowest BCUT2D eigenvalue weighted by molar-refractivity contribution is 0.113. The van der Waals surface area contributed by atoms with Gasteiger partial charge in [0.25, 0.3) is 0 Å². The number of aromatic nitrogens is 2. The number of nitrogens with zero attached hydrogens (tertiary/aromatic N) is 1. The highest BCUT2D eigenvalue weighted by atomic mass is 16.3. The summed E-state index contributed by atoms with van der Waals surface area (Å²) in [7, 11) is 0. The molecular weight excluding hydrogens is 224 g/mol. The second-order valence-corrected chi connectivity index (χ2v) is 5.25. The molecule has 3 nitrogen and oxygen atoms in total. The maximum Gasteiger partial charge on any atom is 0.115 e. The molecule has 2 N–H and O–H groups in total. The number of rotatable bonds is 3. The molecule has 3 heteroatoms. The van der Waals surface area contributed by atoms with Gasteiger partial charge in [-0.3, -0.25) is 0 Å². The molecule has 0 spiro atoms. The molecule has 0 radical (unpaired) electrons. The molecule has 0 saturated heterocycles. The fraction of sp³-hybridized carbons (Fsp3) is 0.400. The van der Waals surface area contributed by atoms with Crippen LogP contribution in [0.15, 0.2) is 30.5 Å². The Morgan fingerprint density at radius 2 is 2.11 bits per heavy atom. The number of hydrogen-bond acceptors (Lipinski definition) is 2. The van der Waals surface area contributed by atoms with Gasteiger partial charge in [-0.2, -0.15) is 0 Å². The van der Waals surface area contributed by atoms with Gasteiger partial charge in [0, 0.05) is 5.56 Å². The summed E-state index contributed by atoms with van der Waals surface area (Å²) >= 11 is 0. The van der Waals surface area contributed by atoms with Crippen LogP contribution >= 0.6 is 0 Å². The van der Waals surface area contributed by atoms with Crippen LogP contribution in [0.4, 0.5) is 0 Å². The number of aryl methyl sites for hydroxylation is 1. The van der Waals surface area contributed by atoms with Crippen molar-refractivity contribution in [1.29, 1.82) is 0 Å². The van der Waals surface area contributed by atoms with Gasteiger partial charge in [0.1, 0.15) is 5.82 Å². The molecule has 1 aliphatic carbocycles. The first-order valence-corrected chi connectivity index (χ1v) is 6.47. The van der Waals surface area contributed by atoms with Crippen LogP contribution in [0, 0.1) is 6.92 Å². The maximum atomic E-state index is 9.56. The Morgan fingerprint density at radius 1 is 1.33 bits per heavy atom. The number of aromatic amines is 1. The van der Waals surface area contributed by atoms with Crippen molar-refractivity contribution >= 4 is 0 Å². The van der Waals surface area contributed by atoms with E-state index >= 15 is 0 Å². The number of imidazole rings is 1. The smallest absolute Gasteiger partial charge is 0.115 e. The third-order valence-corrected chi connectivity index (χ3v) is 4.13. The molecule has 0 atom stereocenters. The van der Waals surface area contributed by atoms with Crippen molar-refractivity contribution in [3.63, 3.8) is 0 Å². The van der Waals surface area contributed by atoms with E-state index in [0.717, 1.165) is 24.4 Å². The number of aliphatic hydroxyl groups excluding tert-OH is 1. The van der Waals surface area contributed by atoms with Crippen LogP contribution in [0.25, 0.3) is 11.3 Å². The molecule has 1 aromatic carbocycles. The fourth-order valence-corrected chi connectivity index (χ4v) is 2.68. The number of benzene rings is 1. The minimum Gasteiger partial charge on any atom is -0.395 e. The van der Waals surface area contributed by atoms with E-state index in [9.17, 15) is 5.11 Å². The molecule has 94 valence electrons. The largest absolute Gasteiger partial charge is 0.395 e. The third-order valence-electron chi connectivity index (χ3n) is 4.13. The average molecular weight is 242 g/mol. The van der Waals surface area contributed by atoms with E-state index in [1.54, 1.807) is 0 Å². The van der Waals surface area contributed by atoms with E-state index in [2.05, 4.69) is 29.0 Å². The quantitative estimate of drug-likeness (QED) is 0.869. The second kappa shape index (κ2) is 4.25. The molecule has 0 bridgehead atoms. The van der Waals surface area contributed by atoms with E-state index in [0.29, 0.717) is 0 Å². The lowest BCUT2D eigenvalue weighted by Gasteiger charge is -2.38. The number of H-pyrrole nitrogens is 1. The zero-order valence-corrected chi connectivity index (χ0v) is 10.6. The van der Waals surface area contributed by atoms with Crippen LogP contribution in [-0.4, -0.2) is 21.7 Å². The third kappa shape index (κ3) is 1.66. The van der Waals surface area contributed by atoms with Crippen LogP contribution in [0.5, 0.6) is 0 Å². The lowest BCUT2D eigenvalue weighted by atomic mass is 9.69. The summed E-state index contributed by atoms with van der Waals surface area (Å²) < 4.78 is 0. The first kappa shape index (κ1) is 11.5. The van der Waals surface area contributed by atoms with E-state index in [4.69, 9.17) is 0 Å². The van der Waals surface area contributed by atoms with Crippen LogP contribution in [0.2, 0.25) is 0 Å². The van der Waals surface area contributed by atoms with Gasteiger partial charge < -0.3 is 10.1 Å². The first-order chi connectivity index (χ1) is 8.75. The zero-order chi connectivity index (χ0) is 12.6. The first-order valence-electron chi connectivity index (χ1n) is 6.47. The SMILES string of the molecule is Cc1ccccc1-c1cnc(C2(CO)CCC2)[nH]1. The lowest BCUT2D eigenvalue weighted by Crippen LogP contribution is -2.39. The molecular formula is C15H18N2O. The highest BCUT2D eigenvalue weighted by molar-refractivity contribution is 5.62. The van der Waals surface area contributed by atoms with Crippen molar-refractivity contribution in [2.24, 2.45) is 0 Å². The van der Waals surface area contributed by atoms with Gasteiger partial charge in [-0.15, -0.1) is 0 Å². The molecule has 0 aliphatic heterocycles. The van der Waals surface area contributed by atoms with Crippen molar-refractivity contribution in [1.82, 2.24) is 9.97 Å². The van der Waals surface area contributed by atoms with Crippen molar-refractivity contribution in [3.8, 4) is 11.3 Å². The molecule has 1 aromatic heterocycles. The summed E-state index contributed by atoms with van der Waals surface area (Å²) in [6, 6.07) is 8.27. The molecule has 0 unspecified atom stereocenters. The number of aliphatic hydroxyl groups is 1. The fourth-order valence-electron chi connectivity index (χ4n) is 2.68. The Bertz CT molecular complexity index is 550.